The number of hydrogen-bond acceptors (Lipinski definition) is 6. The first-order valence-corrected chi connectivity index (χ1v) is 13.9. The molecule has 1 fully saturated rings. The van der Waals surface area contributed by atoms with Gasteiger partial charge in [0, 0.05) is 45.2 Å². The second-order valence-electron chi connectivity index (χ2n) is 11.0. The Morgan fingerprint density at radius 3 is 2.58 bits per heavy atom. The fourth-order valence-electron chi connectivity index (χ4n) is 5.78. The number of hydrogen-bond donors (Lipinski definition) is 0. The van der Waals surface area contributed by atoms with Gasteiger partial charge in [0.25, 0.3) is 0 Å². The lowest BCUT2D eigenvalue weighted by Crippen LogP contribution is -2.58. The summed E-state index contributed by atoms with van der Waals surface area (Å²) in [5.41, 5.74) is -2.42. The Labute approximate surface area is 262 Å². The van der Waals surface area contributed by atoms with Crippen LogP contribution >= 0.6 is 0 Å². The molecule has 1 aliphatic heterocycles. The van der Waals surface area contributed by atoms with Gasteiger partial charge in [0.15, 0.2) is 5.65 Å². The van der Waals surface area contributed by atoms with Crippen LogP contribution in [-0.4, -0.2) is 55.5 Å². The molecule has 0 radical (unpaired) electrons. The molecule has 1 aromatic carbocycles. The molecule has 222 valence electrons. The molecule has 3 aromatic heterocycles. The Bertz CT molecular complexity index is 2110. The van der Waals surface area contributed by atoms with Crippen molar-refractivity contribution in [3.63, 3.8) is 0 Å². The molecule has 8 nitrogen and oxygen atoms in total. The number of aromatic nitrogens is 4. The number of aryl methyl sites for hydroxylation is 1. The molecule has 1 saturated heterocycles. The van der Waals surface area contributed by atoms with Gasteiger partial charge in [-0.25, -0.2) is 18.7 Å². The summed E-state index contributed by atoms with van der Waals surface area (Å²) in [4.78, 5) is 43.8. The van der Waals surface area contributed by atoms with E-state index < -0.39 is 55.1 Å². The van der Waals surface area contributed by atoms with Crippen LogP contribution < -0.4 is 10.6 Å². The molecule has 0 N–H and O–H groups in total. The van der Waals surface area contributed by atoms with Crippen LogP contribution in [0.2, 0.25) is 0 Å². The molecule has 2 atom stereocenters. The molecule has 0 unspecified atom stereocenters. The van der Waals surface area contributed by atoms with Crippen LogP contribution in [0.1, 0.15) is 68.3 Å². The van der Waals surface area contributed by atoms with Gasteiger partial charge in [-0.05, 0) is 62.8 Å². The van der Waals surface area contributed by atoms with Crippen LogP contribution in [0, 0.1) is 12.7 Å². The van der Waals surface area contributed by atoms with Gasteiger partial charge in [-0.3, -0.25) is 9.78 Å². The van der Waals surface area contributed by atoms with Crippen LogP contribution in [0.25, 0.3) is 33.6 Å². The molecule has 4 heterocycles. The van der Waals surface area contributed by atoms with Crippen LogP contribution in [0.15, 0.2) is 66.6 Å². The standard InChI is InChI=1S/C34H37FN6O2/c1-9-28(42)39-17-22(7)40(23(8)18-39)33-26-16-27(35)30(25-13-11-10-12-24(25)19(2)3)37-32(26)41(34(43)38-33)31-21(6)14-15-36-29(31)20(4)5/h9-16,20,22-23H,1-2,17-18H2,3-8H3/t22-,23-/m0/s1/i2D2,3D3,6D3. The third-order valence-electron chi connectivity index (χ3n) is 7.63. The van der Waals surface area contributed by atoms with Gasteiger partial charge in [0.05, 0.1) is 19.5 Å². The number of amides is 1. The molecule has 1 aliphatic rings. The molecule has 4 aromatic rings. The first-order chi connectivity index (χ1) is 23.8. The van der Waals surface area contributed by atoms with Crippen molar-refractivity contribution >= 4 is 28.3 Å². The average Bonchev–Trinajstić information content (AvgIpc) is 3.02. The minimum absolute atomic E-state index is 0.0406. The number of piperazine rings is 1. The summed E-state index contributed by atoms with van der Waals surface area (Å²) < 4.78 is 82.6. The lowest BCUT2D eigenvalue weighted by Gasteiger charge is -2.45. The number of carbonyl (C=O) groups is 1. The van der Waals surface area contributed by atoms with Crippen molar-refractivity contribution in [2.75, 3.05) is 18.0 Å². The number of pyridine rings is 2. The SMILES string of the molecule is [2H]C([2H])=C(c1ccccc1-c1nc2c(cc1F)c(N1[C@@H](C)CN(C(=O)C=C)C[C@@H]1C)nc(=O)n2-c1c(C([2H])([2H])[2H])ccnc1C(C)C)C([2H])([2H])[2H]. The maximum atomic E-state index is 16.6. The molecular formula is C34H37FN6O2. The maximum absolute atomic E-state index is 16.6. The normalized spacial score (nSPS) is 20.2. The molecule has 0 aliphatic carbocycles. The van der Waals surface area contributed by atoms with E-state index in [0.717, 1.165) is 10.6 Å². The third kappa shape index (κ3) is 5.24. The minimum Gasteiger partial charge on any atom is -0.347 e. The third-order valence-corrected chi connectivity index (χ3v) is 7.63. The van der Waals surface area contributed by atoms with E-state index in [9.17, 15) is 9.59 Å². The quantitative estimate of drug-likeness (QED) is 0.255. The van der Waals surface area contributed by atoms with Crippen LogP contribution in [0.3, 0.4) is 0 Å². The largest absolute Gasteiger partial charge is 0.355 e. The molecule has 5 rings (SSSR count). The smallest absolute Gasteiger partial charge is 0.347 e. The summed E-state index contributed by atoms with van der Waals surface area (Å²) in [6.45, 7) is 4.58. The lowest BCUT2D eigenvalue weighted by molar-refractivity contribution is -0.127. The Morgan fingerprint density at radius 1 is 1.19 bits per heavy atom. The van der Waals surface area contributed by atoms with Crippen molar-refractivity contribution in [1.29, 1.82) is 0 Å². The van der Waals surface area contributed by atoms with Crippen LogP contribution in [0.4, 0.5) is 10.2 Å². The van der Waals surface area contributed by atoms with E-state index in [1.54, 1.807) is 23.6 Å². The zero-order chi connectivity index (χ0) is 37.7. The van der Waals surface area contributed by atoms with Crippen LogP contribution in [-0.2, 0) is 4.79 Å². The first kappa shape index (κ1) is 21.1. The van der Waals surface area contributed by atoms with E-state index in [4.69, 9.17) is 11.0 Å². The van der Waals surface area contributed by atoms with Crippen molar-refractivity contribution in [2.24, 2.45) is 0 Å². The van der Waals surface area contributed by atoms with Gasteiger partial charge in [-0.1, -0.05) is 56.8 Å². The van der Waals surface area contributed by atoms with Gasteiger partial charge in [-0.2, -0.15) is 4.98 Å². The Hall–Kier alpha value is -4.66. The Morgan fingerprint density at radius 2 is 1.93 bits per heavy atom. The molecule has 9 heteroatoms. The van der Waals surface area contributed by atoms with E-state index in [-0.39, 0.29) is 69.8 Å². The number of allylic oxidation sites excluding steroid dienone is 1. The number of halogens is 1. The number of rotatable bonds is 6. The monoisotopic (exact) mass is 588 g/mol. The van der Waals surface area contributed by atoms with Crippen molar-refractivity contribution in [1.82, 2.24) is 24.4 Å². The fraction of sp³-hybridized carbons (Fsp3) is 0.324. The molecule has 1 amide bonds. The highest BCUT2D eigenvalue weighted by Crippen LogP contribution is 2.36. The maximum Gasteiger partial charge on any atom is 0.355 e. The highest BCUT2D eigenvalue weighted by molar-refractivity contribution is 5.92. The van der Waals surface area contributed by atoms with Crippen molar-refractivity contribution < 1.29 is 20.2 Å². The average molecular weight is 589 g/mol. The van der Waals surface area contributed by atoms with Gasteiger partial charge < -0.3 is 9.80 Å². The summed E-state index contributed by atoms with van der Waals surface area (Å²) in [5.74, 6) is -1.55. The van der Waals surface area contributed by atoms with E-state index in [2.05, 4.69) is 21.5 Å². The second-order valence-corrected chi connectivity index (χ2v) is 11.0. The zero-order valence-electron chi connectivity index (χ0n) is 32.3. The van der Waals surface area contributed by atoms with Gasteiger partial charge in [-0.15, -0.1) is 0 Å². The van der Waals surface area contributed by atoms with E-state index in [1.165, 1.54) is 42.6 Å². The number of benzene rings is 1. The lowest BCUT2D eigenvalue weighted by atomic mass is 9.98. The van der Waals surface area contributed by atoms with Crippen molar-refractivity contribution in [3.8, 4) is 16.9 Å². The predicted octanol–water partition coefficient (Wildman–Crippen LogP) is 6.06. The zero-order valence-corrected chi connectivity index (χ0v) is 24.3. The Kier molecular flexibility index (Phi) is 5.67. The fourth-order valence-corrected chi connectivity index (χ4v) is 5.78. The Balaban J connectivity index is 1.94. The minimum atomic E-state index is -2.92. The number of carbonyl (C=O) groups excluding carboxylic acids is 1. The number of nitrogens with zero attached hydrogens (tertiary/aromatic N) is 6. The first-order valence-electron chi connectivity index (χ1n) is 17.9. The number of anilines is 1. The van der Waals surface area contributed by atoms with E-state index in [0.29, 0.717) is 0 Å². The summed E-state index contributed by atoms with van der Waals surface area (Å²) >= 11 is 0. The highest BCUT2D eigenvalue weighted by atomic mass is 19.1. The molecule has 0 saturated carbocycles. The molecular weight excluding hydrogens is 543 g/mol. The van der Waals surface area contributed by atoms with E-state index in [1.807, 2.05) is 13.8 Å². The van der Waals surface area contributed by atoms with Crippen molar-refractivity contribution in [2.45, 2.75) is 59.4 Å². The summed E-state index contributed by atoms with van der Waals surface area (Å²) in [7, 11) is 0. The number of fused-ring (bicyclic) bond motifs is 1. The molecule has 43 heavy (non-hydrogen) atoms. The highest BCUT2D eigenvalue weighted by Gasteiger charge is 2.34. The summed E-state index contributed by atoms with van der Waals surface area (Å²) in [6.07, 6.45) is 2.54. The summed E-state index contributed by atoms with van der Waals surface area (Å²) in [6, 6.07) is 7.27. The van der Waals surface area contributed by atoms with Gasteiger partial charge in [0.2, 0.25) is 5.91 Å². The van der Waals surface area contributed by atoms with Crippen LogP contribution in [0.5, 0.6) is 0 Å². The second kappa shape index (κ2) is 11.6. The van der Waals surface area contributed by atoms with E-state index >= 15 is 4.39 Å². The predicted molar refractivity (Wildman–Crippen MR) is 170 cm³/mol. The topological polar surface area (TPSA) is 84.2 Å². The van der Waals surface area contributed by atoms with Gasteiger partial charge in [0.1, 0.15) is 17.3 Å². The summed E-state index contributed by atoms with van der Waals surface area (Å²) in [5, 5.41) is 0.0406. The molecule has 0 spiro atoms. The van der Waals surface area contributed by atoms with Gasteiger partial charge >= 0.3 is 5.69 Å². The van der Waals surface area contributed by atoms with Crippen molar-refractivity contribution in [3.05, 3.63) is 94.9 Å². The molecule has 0 bridgehead atoms.